The Bertz CT molecular complexity index is 393. The molecule has 0 saturated carbocycles. The standard InChI is InChI=1S/C12H17NO4/c1-12(4-2-5-17-12)8-13-7-10-9(11(14)15)3-6-16-10/h3,6,13H,2,4-5,7-8H2,1H3,(H,14,15). The monoisotopic (exact) mass is 239 g/mol. The third kappa shape index (κ3) is 2.87. The largest absolute Gasteiger partial charge is 0.478 e. The molecule has 1 aromatic heterocycles. The average Bonchev–Trinajstić information content (AvgIpc) is 2.87. The first-order valence-corrected chi connectivity index (χ1v) is 5.75. The molecule has 0 aromatic carbocycles. The SMILES string of the molecule is CC1(CNCc2occc2C(=O)O)CCCO1. The summed E-state index contributed by atoms with van der Waals surface area (Å²) in [6.45, 7) is 3.98. The fraction of sp³-hybridized carbons (Fsp3) is 0.583. The zero-order chi connectivity index (χ0) is 12.3. The van der Waals surface area contributed by atoms with Crippen molar-refractivity contribution in [3.63, 3.8) is 0 Å². The highest BCUT2D eigenvalue weighted by Gasteiger charge is 2.29. The molecule has 1 saturated heterocycles. The summed E-state index contributed by atoms with van der Waals surface area (Å²) >= 11 is 0. The molecule has 0 amide bonds. The Hall–Kier alpha value is -1.33. The van der Waals surface area contributed by atoms with Crippen molar-refractivity contribution in [2.24, 2.45) is 0 Å². The van der Waals surface area contributed by atoms with E-state index in [0.29, 0.717) is 18.8 Å². The predicted molar refractivity (Wildman–Crippen MR) is 61.0 cm³/mol. The van der Waals surface area contributed by atoms with Gasteiger partial charge in [0, 0.05) is 13.2 Å². The summed E-state index contributed by atoms with van der Waals surface area (Å²) in [5.74, 6) is -0.502. The van der Waals surface area contributed by atoms with Crippen molar-refractivity contribution in [1.29, 1.82) is 0 Å². The Balaban J connectivity index is 1.85. The Kier molecular flexibility index (Phi) is 3.49. The van der Waals surface area contributed by atoms with E-state index in [1.165, 1.54) is 12.3 Å². The quantitative estimate of drug-likeness (QED) is 0.817. The molecule has 1 atom stereocenters. The van der Waals surface area contributed by atoms with Gasteiger partial charge >= 0.3 is 5.97 Å². The second kappa shape index (κ2) is 4.89. The molecule has 5 nitrogen and oxygen atoms in total. The maximum absolute atomic E-state index is 10.9. The Labute approximate surface area is 99.8 Å². The summed E-state index contributed by atoms with van der Waals surface area (Å²) in [4.78, 5) is 10.9. The maximum atomic E-state index is 10.9. The second-order valence-electron chi connectivity index (χ2n) is 4.57. The molecule has 0 spiro atoms. The molecule has 2 N–H and O–H groups in total. The van der Waals surface area contributed by atoms with Crippen LogP contribution in [-0.4, -0.2) is 29.8 Å². The molecule has 0 radical (unpaired) electrons. The molecule has 94 valence electrons. The van der Waals surface area contributed by atoms with Crippen LogP contribution in [0, 0.1) is 0 Å². The molecule has 0 bridgehead atoms. The van der Waals surface area contributed by atoms with Crippen LogP contribution < -0.4 is 5.32 Å². The highest BCUT2D eigenvalue weighted by atomic mass is 16.5. The Morgan fingerprint density at radius 3 is 3.12 bits per heavy atom. The maximum Gasteiger partial charge on any atom is 0.339 e. The van der Waals surface area contributed by atoms with Crippen molar-refractivity contribution >= 4 is 5.97 Å². The lowest BCUT2D eigenvalue weighted by atomic mass is 10.0. The molecule has 0 aliphatic carbocycles. The van der Waals surface area contributed by atoms with E-state index in [2.05, 4.69) is 12.2 Å². The van der Waals surface area contributed by atoms with Crippen molar-refractivity contribution < 1.29 is 19.1 Å². The van der Waals surface area contributed by atoms with Gasteiger partial charge < -0.3 is 19.6 Å². The molecule has 2 rings (SSSR count). The number of hydrogen-bond acceptors (Lipinski definition) is 4. The van der Waals surface area contributed by atoms with Gasteiger partial charge in [-0.1, -0.05) is 0 Å². The summed E-state index contributed by atoms with van der Waals surface area (Å²) in [7, 11) is 0. The highest BCUT2D eigenvalue weighted by molar-refractivity contribution is 5.88. The van der Waals surface area contributed by atoms with Crippen LogP contribution >= 0.6 is 0 Å². The summed E-state index contributed by atoms with van der Waals surface area (Å²) in [6, 6.07) is 1.47. The van der Waals surface area contributed by atoms with Gasteiger partial charge in [0.05, 0.1) is 18.4 Å². The number of rotatable bonds is 5. The zero-order valence-electron chi connectivity index (χ0n) is 9.86. The molecule has 1 fully saturated rings. The van der Waals surface area contributed by atoms with Gasteiger partial charge in [-0.2, -0.15) is 0 Å². The van der Waals surface area contributed by atoms with Gasteiger partial charge in [0.15, 0.2) is 0 Å². The van der Waals surface area contributed by atoms with Gasteiger partial charge in [0.25, 0.3) is 0 Å². The number of nitrogens with one attached hydrogen (secondary N) is 1. The molecule has 1 unspecified atom stereocenters. The third-order valence-electron chi connectivity index (χ3n) is 3.06. The zero-order valence-corrected chi connectivity index (χ0v) is 9.86. The summed E-state index contributed by atoms with van der Waals surface area (Å²) in [5.41, 5.74) is 0.0886. The number of aromatic carboxylic acids is 1. The molecule has 1 aromatic rings. The number of furan rings is 1. The topological polar surface area (TPSA) is 71.7 Å². The van der Waals surface area contributed by atoms with E-state index >= 15 is 0 Å². The van der Waals surface area contributed by atoms with Gasteiger partial charge in [-0.3, -0.25) is 0 Å². The van der Waals surface area contributed by atoms with E-state index in [1.54, 1.807) is 0 Å². The van der Waals surface area contributed by atoms with Crippen LogP contribution in [-0.2, 0) is 11.3 Å². The molecule has 1 aliphatic heterocycles. The van der Waals surface area contributed by atoms with E-state index < -0.39 is 5.97 Å². The van der Waals surface area contributed by atoms with Crippen LogP contribution in [0.4, 0.5) is 0 Å². The van der Waals surface area contributed by atoms with Crippen LogP contribution in [0.3, 0.4) is 0 Å². The van der Waals surface area contributed by atoms with Gasteiger partial charge in [0.1, 0.15) is 11.3 Å². The predicted octanol–water partition coefficient (Wildman–Crippen LogP) is 1.64. The first-order chi connectivity index (χ1) is 8.11. The lowest BCUT2D eigenvalue weighted by Crippen LogP contribution is -2.36. The lowest BCUT2D eigenvalue weighted by Gasteiger charge is -2.23. The van der Waals surface area contributed by atoms with Gasteiger partial charge in [-0.15, -0.1) is 0 Å². The summed E-state index contributed by atoms with van der Waals surface area (Å²) < 4.78 is 10.8. The fourth-order valence-electron chi connectivity index (χ4n) is 2.08. The average molecular weight is 239 g/mol. The number of carboxylic acid groups (broad SMARTS) is 1. The Morgan fingerprint density at radius 2 is 2.47 bits per heavy atom. The van der Waals surface area contributed by atoms with Crippen molar-refractivity contribution in [3.8, 4) is 0 Å². The van der Waals surface area contributed by atoms with Crippen molar-refractivity contribution in [3.05, 3.63) is 23.7 Å². The summed E-state index contributed by atoms with van der Waals surface area (Å²) in [6.07, 6.45) is 3.51. The minimum Gasteiger partial charge on any atom is -0.478 e. The minimum absolute atomic E-state index is 0.129. The fourth-order valence-corrected chi connectivity index (χ4v) is 2.08. The number of ether oxygens (including phenoxy) is 1. The highest BCUT2D eigenvalue weighted by Crippen LogP contribution is 2.24. The van der Waals surface area contributed by atoms with Crippen molar-refractivity contribution in [2.45, 2.75) is 31.9 Å². The van der Waals surface area contributed by atoms with Crippen molar-refractivity contribution in [1.82, 2.24) is 5.32 Å². The van der Waals surface area contributed by atoms with Crippen LogP contribution in [0.15, 0.2) is 16.7 Å². The lowest BCUT2D eigenvalue weighted by molar-refractivity contribution is 0.0204. The van der Waals surface area contributed by atoms with E-state index in [1.807, 2.05) is 0 Å². The first kappa shape index (κ1) is 12.1. The van der Waals surface area contributed by atoms with E-state index in [0.717, 1.165) is 19.4 Å². The van der Waals surface area contributed by atoms with Gasteiger partial charge in [-0.25, -0.2) is 4.79 Å². The van der Waals surface area contributed by atoms with Crippen LogP contribution in [0.5, 0.6) is 0 Å². The van der Waals surface area contributed by atoms with Crippen molar-refractivity contribution in [2.75, 3.05) is 13.2 Å². The van der Waals surface area contributed by atoms with Crippen LogP contribution in [0.25, 0.3) is 0 Å². The minimum atomic E-state index is -0.959. The van der Waals surface area contributed by atoms with E-state index in [9.17, 15) is 4.79 Å². The second-order valence-corrected chi connectivity index (χ2v) is 4.57. The molecular weight excluding hydrogens is 222 g/mol. The van der Waals surface area contributed by atoms with Crippen LogP contribution in [0.2, 0.25) is 0 Å². The number of carboxylic acids is 1. The summed E-state index contributed by atoms with van der Waals surface area (Å²) in [5, 5.41) is 12.1. The number of carbonyl (C=O) groups is 1. The smallest absolute Gasteiger partial charge is 0.339 e. The van der Waals surface area contributed by atoms with E-state index in [-0.39, 0.29) is 11.2 Å². The van der Waals surface area contributed by atoms with E-state index in [4.69, 9.17) is 14.3 Å². The molecular formula is C12H17NO4. The van der Waals surface area contributed by atoms with Crippen LogP contribution in [0.1, 0.15) is 35.9 Å². The molecule has 17 heavy (non-hydrogen) atoms. The first-order valence-electron chi connectivity index (χ1n) is 5.75. The third-order valence-corrected chi connectivity index (χ3v) is 3.06. The Morgan fingerprint density at radius 1 is 1.65 bits per heavy atom. The molecule has 2 heterocycles. The number of hydrogen-bond donors (Lipinski definition) is 2. The molecule has 5 heteroatoms. The molecule has 1 aliphatic rings. The van der Waals surface area contributed by atoms with Gasteiger partial charge in [0.2, 0.25) is 0 Å². The normalized spacial score (nSPS) is 24.1. The van der Waals surface area contributed by atoms with Gasteiger partial charge in [-0.05, 0) is 25.8 Å².